The van der Waals surface area contributed by atoms with Crippen LogP contribution in [0.3, 0.4) is 0 Å². The second-order valence-electron chi connectivity index (χ2n) is 6.02. The molecule has 2 aliphatic rings. The summed E-state index contributed by atoms with van der Waals surface area (Å²) >= 11 is 0. The van der Waals surface area contributed by atoms with Gasteiger partial charge in [-0.05, 0) is 26.0 Å². The number of rotatable bonds is 1. The zero-order valence-corrected chi connectivity index (χ0v) is 12.3. The van der Waals surface area contributed by atoms with Gasteiger partial charge in [0.15, 0.2) is 0 Å². The van der Waals surface area contributed by atoms with Crippen LogP contribution in [0.25, 0.3) is 0 Å². The van der Waals surface area contributed by atoms with Crippen LogP contribution in [0.15, 0.2) is 48.5 Å². The largest absolute Gasteiger partial charge is 0.426 e. The highest BCUT2D eigenvalue weighted by Gasteiger charge is 2.65. The molecule has 0 N–H and O–H groups in total. The third-order valence-electron chi connectivity index (χ3n) is 5.07. The van der Waals surface area contributed by atoms with Gasteiger partial charge in [0.1, 0.15) is 22.3 Å². The van der Waals surface area contributed by atoms with Crippen LogP contribution < -0.4 is 9.47 Å². The van der Waals surface area contributed by atoms with E-state index in [0.717, 1.165) is 11.1 Å². The molecule has 2 heterocycles. The van der Waals surface area contributed by atoms with Crippen molar-refractivity contribution in [1.29, 1.82) is 0 Å². The highest BCUT2D eigenvalue weighted by atomic mass is 16.6. The van der Waals surface area contributed by atoms with Crippen LogP contribution >= 0.6 is 0 Å². The van der Waals surface area contributed by atoms with E-state index < -0.39 is 22.8 Å². The van der Waals surface area contributed by atoms with E-state index in [2.05, 4.69) is 0 Å². The lowest BCUT2D eigenvalue weighted by Crippen LogP contribution is -2.53. The Kier molecular flexibility index (Phi) is 2.36. The van der Waals surface area contributed by atoms with Crippen molar-refractivity contribution in [2.75, 3.05) is 0 Å². The zero-order valence-electron chi connectivity index (χ0n) is 12.3. The first kappa shape index (κ1) is 13.1. The van der Waals surface area contributed by atoms with Gasteiger partial charge < -0.3 is 9.47 Å². The smallest absolute Gasteiger partial charge is 0.323 e. The molecule has 4 heteroatoms. The van der Waals surface area contributed by atoms with Crippen molar-refractivity contribution in [3.05, 3.63) is 59.7 Å². The van der Waals surface area contributed by atoms with Crippen LogP contribution in [0.2, 0.25) is 0 Å². The van der Waals surface area contributed by atoms with Gasteiger partial charge in [-0.1, -0.05) is 36.4 Å². The fourth-order valence-corrected chi connectivity index (χ4v) is 3.51. The van der Waals surface area contributed by atoms with E-state index >= 15 is 0 Å². The van der Waals surface area contributed by atoms with Gasteiger partial charge in [0.05, 0.1) is 0 Å². The Bertz CT molecular complexity index is 756. The van der Waals surface area contributed by atoms with Crippen molar-refractivity contribution >= 4 is 11.9 Å². The molecule has 0 radical (unpaired) electrons. The monoisotopic (exact) mass is 294 g/mol. The minimum atomic E-state index is -1.12. The van der Waals surface area contributed by atoms with E-state index in [-0.39, 0.29) is 0 Å². The van der Waals surface area contributed by atoms with Crippen molar-refractivity contribution in [2.45, 2.75) is 24.7 Å². The van der Waals surface area contributed by atoms with Crippen LogP contribution in [0.1, 0.15) is 25.0 Å². The molecule has 2 aromatic carbocycles. The first-order valence-electron chi connectivity index (χ1n) is 7.13. The normalized spacial score (nSPS) is 28.8. The maximum Gasteiger partial charge on any atom is 0.323 e. The summed E-state index contributed by atoms with van der Waals surface area (Å²) in [5, 5.41) is 0. The molecule has 0 unspecified atom stereocenters. The lowest BCUT2D eigenvalue weighted by atomic mass is 9.60. The van der Waals surface area contributed by atoms with Gasteiger partial charge in [-0.2, -0.15) is 0 Å². The van der Waals surface area contributed by atoms with E-state index in [1.807, 2.05) is 24.3 Å². The van der Waals surface area contributed by atoms with Crippen molar-refractivity contribution < 1.29 is 19.1 Å². The summed E-state index contributed by atoms with van der Waals surface area (Å²) in [6.07, 6.45) is 0. The molecule has 0 saturated carbocycles. The molecule has 4 rings (SSSR count). The van der Waals surface area contributed by atoms with Gasteiger partial charge in [-0.15, -0.1) is 0 Å². The summed E-state index contributed by atoms with van der Waals surface area (Å²) in [5.74, 6) is 0.163. The van der Waals surface area contributed by atoms with E-state index in [1.54, 1.807) is 38.1 Å². The Morgan fingerprint density at radius 1 is 0.682 bits per heavy atom. The van der Waals surface area contributed by atoms with E-state index in [1.165, 1.54) is 0 Å². The quantitative estimate of drug-likeness (QED) is 0.599. The molecule has 2 aliphatic heterocycles. The van der Waals surface area contributed by atoms with Gasteiger partial charge >= 0.3 is 11.9 Å². The van der Waals surface area contributed by atoms with Crippen LogP contribution in [0.5, 0.6) is 11.5 Å². The number of para-hydroxylation sites is 2. The van der Waals surface area contributed by atoms with Gasteiger partial charge in [0, 0.05) is 11.1 Å². The molecule has 4 nitrogen and oxygen atoms in total. The number of ether oxygens (including phenoxy) is 2. The first-order valence-corrected chi connectivity index (χ1v) is 7.13. The van der Waals surface area contributed by atoms with E-state index in [9.17, 15) is 9.59 Å². The molecule has 2 atom stereocenters. The average Bonchev–Trinajstić information content (AvgIpc) is 2.94. The number of carbonyl (C=O) groups excluding carboxylic acids is 2. The number of hydrogen-bond acceptors (Lipinski definition) is 4. The standard InChI is InChI=1S/C18H14O4/c1-17(11-7-3-5-9-13(11)21-15(17)19)18(2)12-8-4-6-10-14(12)22-16(18)20/h3-10H,1-2H3/t17-,18+. The van der Waals surface area contributed by atoms with Crippen LogP contribution in [0, 0.1) is 0 Å². The Hall–Kier alpha value is -2.62. The van der Waals surface area contributed by atoms with Gasteiger partial charge in [0.25, 0.3) is 0 Å². The Morgan fingerprint density at radius 2 is 1.05 bits per heavy atom. The van der Waals surface area contributed by atoms with Gasteiger partial charge in [-0.25, -0.2) is 0 Å². The van der Waals surface area contributed by atoms with Crippen LogP contribution in [-0.2, 0) is 20.4 Å². The summed E-state index contributed by atoms with van der Waals surface area (Å²) in [7, 11) is 0. The molecular formula is C18H14O4. The van der Waals surface area contributed by atoms with Gasteiger partial charge in [-0.3, -0.25) is 9.59 Å². The van der Waals surface area contributed by atoms with Crippen molar-refractivity contribution in [2.24, 2.45) is 0 Å². The fourth-order valence-electron chi connectivity index (χ4n) is 3.51. The summed E-state index contributed by atoms with van der Waals surface area (Å²) in [6.45, 7) is 3.51. The van der Waals surface area contributed by atoms with E-state index in [0.29, 0.717) is 11.5 Å². The third-order valence-corrected chi connectivity index (χ3v) is 5.07. The second-order valence-corrected chi connectivity index (χ2v) is 6.02. The molecule has 0 spiro atoms. The average molecular weight is 294 g/mol. The predicted molar refractivity (Wildman–Crippen MR) is 78.9 cm³/mol. The SMILES string of the molecule is C[C@]1([C@]2(C)C(=O)Oc3ccccc32)C(=O)Oc2ccccc21. The van der Waals surface area contributed by atoms with Crippen LogP contribution in [0.4, 0.5) is 0 Å². The number of carbonyl (C=O) groups is 2. The zero-order chi connectivity index (χ0) is 15.5. The summed E-state index contributed by atoms with van der Waals surface area (Å²) < 4.78 is 10.8. The number of esters is 2. The summed E-state index contributed by atoms with van der Waals surface area (Å²) in [6, 6.07) is 14.5. The highest BCUT2D eigenvalue weighted by Crippen LogP contribution is 2.56. The molecule has 0 aromatic heterocycles. The Morgan fingerprint density at radius 3 is 1.45 bits per heavy atom. The second kappa shape index (κ2) is 3.97. The lowest BCUT2D eigenvalue weighted by Gasteiger charge is -2.35. The van der Waals surface area contributed by atoms with Crippen LogP contribution in [-0.4, -0.2) is 11.9 Å². The first-order chi connectivity index (χ1) is 10.5. The molecule has 110 valence electrons. The van der Waals surface area contributed by atoms with E-state index in [4.69, 9.17) is 9.47 Å². The summed E-state index contributed by atoms with van der Waals surface area (Å²) in [5.41, 5.74) is -0.798. The minimum absolute atomic E-state index is 0.426. The predicted octanol–water partition coefficient (Wildman–Crippen LogP) is 2.74. The molecule has 0 saturated heterocycles. The van der Waals surface area contributed by atoms with Crippen molar-refractivity contribution in [3.8, 4) is 11.5 Å². The number of fused-ring (bicyclic) bond motifs is 2. The molecule has 22 heavy (non-hydrogen) atoms. The number of hydrogen-bond donors (Lipinski definition) is 0. The number of benzene rings is 2. The molecule has 0 aliphatic carbocycles. The highest BCUT2D eigenvalue weighted by molar-refractivity contribution is 6.03. The topological polar surface area (TPSA) is 52.6 Å². The third kappa shape index (κ3) is 1.28. The Labute approximate surface area is 127 Å². The molecule has 0 bridgehead atoms. The molecule has 0 fully saturated rings. The van der Waals surface area contributed by atoms with Crippen molar-refractivity contribution in [1.82, 2.24) is 0 Å². The molecular weight excluding hydrogens is 280 g/mol. The minimum Gasteiger partial charge on any atom is -0.426 e. The molecule has 2 aromatic rings. The molecule has 0 amide bonds. The maximum absolute atomic E-state index is 12.7. The Balaban J connectivity index is 2.02. The lowest BCUT2D eigenvalue weighted by molar-refractivity contribution is -0.149. The fraction of sp³-hybridized carbons (Fsp3) is 0.222. The summed E-state index contributed by atoms with van der Waals surface area (Å²) in [4.78, 5) is 25.3. The van der Waals surface area contributed by atoms with Crippen molar-refractivity contribution in [3.63, 3.8) is 0 Å². The van der Waals surface area contributed by atoms with Gasteiger partial charge in [0.2, 0.25) is 0 Å². The maximum atomic E-state index is 12.7.